The van der Waals surface area contributed by atoms with Crippen LogP contribution < -0.4 is 0 Å². The van der Waals surface area contributed by atoms with Crippen molar-refractivity contribution >= 4 is 23.2 Å². The van der Waals surface area contributed by atoms with Crippen LogP contribution >= 0.6 is 23.2 Å². The van der Waals surface area contributed by atoms with E-state index < -0.39 is 0 Å². The first-order chi connectivity index (χ1) is 9.77. The lowest BCUT2D eigenvalue weighted by Gasteiger charge is -2.12. The van der Waals surface area contributed by atoms with Gasteiger partial charge in [-0.3, -0.25) is 0 Å². The standard InChI is InChI=1S/C18H12Cl2/c19-17-12-6-11-16(18(17)20)15-10-5-4-9-14(15)13-7-2-1-3-8-13/h1-12H. The number of benzene rings is 3. The summed E-state index contributed by atoms with van der Waals surface area (Å²) in [6.45, 7) is 0. The van der Waals surface area contributed by atoms with E-state index in [1.54, 1.807) is 6.07 Å². The maximum atomic E-state index is 6.36. The van der Waals surface area contributed by atoms with Gasteiger partial charge in [0.15, 0.2) is 0 Å². The van der Waals surface area contributed by atoms with Crippen LogP contribution in [0.5, 0.6) is 0 Å². The van der Waals surface area contributed by atoms with Crippen molar-refractivity contribution < 1.29 is 0 Å². The van der Waals surface area contributed by atoms with Gasteiger partial charge in [-0.1, -0.05) is 89.9 Å². The van der Waals surface area contributed by atoms with Gasteiger partial charge in [-0.2, -0.15) is 0 Å². The van der Waals surface area contributed by atoms with Crippen molar-refractivity contribution in [2.45, 2.75) is 0 Å². The monoisotopic (exact) mass is 298 g/mol. The second-order valence-electron chi connectivity index (χ2n) is 4.51. The van der Waals surface area contributed by atoms with Gasteiger partial charge < -0.3 is 0 Å². The molecule has 0 aliphatic rings. The van der Waals surface area contributed by atoms with Gasteiger partial charge in [0, 0.05) is 5.56 Å². The summed E-state index contributed by atoms with van der Waals surface area (Å²) in [4.78, 5) is 0. The third-order valence-electron chi connectivity index (χ3n) is 3.25. The summed E-state index contributed by atoms with van der Waals surface area (Å²) in [6.07, 6.45) is 0. The third-order valence-corrected chi connectivity index (χ3v) is 4.07. The molecule has 0 aliphatic heterocycles. The van der Waals surface area contributed by atoms with Gasteiger partial charge in [0.05, 0.1) is 10.0 Å². The summed E-state index contributed by atoms with van der Waals surface area (Å²) < 4.78 is 0. The van der Waals surface area contributed by atoms with Crippen molar-refractivity contribution in [2.75, 3.05) is 0 Å². The van der Waals surface area contributed by atoms with E-state index in [-0.39, 0.29) is 0 Å². The van der Waals surface area contributed by atoms with Crippen LogP contribution in [-0.4, -0.2) is 0 Å². The minimum Gasteiger partial charge on any atom is -0.0827 e. The van der Waals surface area contributed by atoms with Gasteiger partial charge in [-0.05, 0) is 22.8 Å². The third kappa shape index (κ3) is 2.45. The molecule has 0 heterocycles. The Morgan fingerprint density at radius 1 is 0.500 bits per heavy atom. The molecule has 2 heteroatoms. The fourth-order valence-corrected chi connectivity index (χ4v) is 2.70. The predicted molar refractivity (Wildman–Crippen MR) is 87.3 cm³/mol. The smallest absolute Gasteiger partial charge is 0.0670 e. The van der Waals surface area contributed by atoms with Gasteiger partial charge in [-0.15, -0.1) is 0 Å². The summed E-state index contributed by atoms with van der Waals surface area (Å²) in [5.74, 6) is 0. The van der Waals surface area contributed by atoms with Crippen molar-refractivity contribution in [3.63, 3.8) is 0 Å². The van der Waals surface area contributed by atoms with Gasteiger partial charge in [0.2, 0.25) is 0 Å². The molecule has 0 bridgehead atoms. The first-order valence-corrected chi connectivity index (χ1v) is 7.12. The van der Waals surface area contributed by atoms with Crippen LogP contribution in [0.15, 0.2) is 72.8 Å². The summed E-state index contributed by atoms with van der Waals surface area (Å²) in [5, 5.41) is 1.17. The highest BCUT2D eigenvalue weighted by Crippen LogP contribution is 2.38. The van der Waals surface area contributed by atoms with Crippen LogP contribution in [0.3, 0.4) is 0 Å². The lowest BCUT2D eigenvalue weighted by molar-refractivity contribution is 1.58. The predicted octanol–water partition coefficient (Wildman–Crippen LogP) is 6.33. The molecular weight excluding hydrogens is 287 g/mol. The quantitative estimate of drug-likeness (QED) is 0.519. The van der Waals surface area contributed by atoms with E-state index in [0.29, 0.717) is 10.0 Å². The minimum atomic E-state index is 0.576. The molecule has 3 aromatic carbocycles. The molecule has 0 aliphatic carbocycles. The molecule has 0 spiro atoms. The number of hydrogen-bond donors (Lipinski definition) is 0. The summed E-state index contributed by atoms with van der Waals surface area (Å²) in [6, 6.07) is 24.2. The van der Waals surface area contributed by atoms with Gasteiger partial charge in [0.25, 0.3) is 0 Å². The van der Waals surface area contributed by atoms with Crippen molar-refractivity contribution in [2.24, 2.45) is 0 Å². The molecule has 98 valence electrons. The number of rotatable bonds is 2. The highest BCUT2D eigenvalue weighted by Gasteiger charge is 2.11. The van der Waals surface area contributed by atoms with Crippen molar-refractivity contribution in [3.05, 3.63) is 82.8 Å². The lowest BCUT2D eigenvalue weighted by atomic mass is 9.95. The van der Waals surface area contributed by atoms with E-state index in [1.807, 2.05) is 42.5 Å². The summed E-state index contributed by atoms with van der Waals surface area (Å²) in [5.41, 5.74) is 4.36. The second kappa shape index (κ2) is 5.70. The number of hydrogen-bond acceptors (Lipinski definition) is 0. The molecule has 20 heavy (non-hydrogen) atoms. The Kier molecular flexibility index (Phi) is 3.77. The zero-order chi connectivity index (χ0) is 13.9. The molecule has 0 saturated carbocycles. The minimum absolute atomic E-state index is 0.576. The van der Waals surface area contributed by atoms with Crippen molar-refractivity contribution in [1.29, 1.82) is 0 Å². The second-order valence-corrected chi connectivity index (χ2v) is 5.30. The van der Waals surface area contributed by atoms with E-state index in [0.717, 1.165) is 16.7 Å². The van der Waals surface area contributed by atoms with Gasteiger partial charge >= 0.3 is 0 Å². The van der Waals surface area contributed by atoms with Crippen LogP contribution in [0.2, 0.25) is 10.0 Å². The molecule has 3 rings (SSSR count). The van der Waals surface area contributed by atoms with E-state index >= 15 is 0 Å². The van der Waals surface area contributed by atoms with E-state index in [1.165, 1.54) is 5.56 Å². The van der Waals surface area contributed by atoms with Crippen LogP contribution in [0.4, 0.5) is 0 Å². The van der Waals surface area contributed by atoms with Crippen molar-refractivity contribution in [3.8, 4) is 22.3 Å². The molecule has 0 radical (unpaired) electrons. The fourth-order valence-electron chi connectivity index (χ4n) is 2.30. The zero-order valence-corrected chi connectivity index (χ0v) is 12.2. The Labute approximate surface area is 128 Å². The first kappa shape index (κ1) is 13.2. The Morgan fingerprint density at radius 2 is 1.10 bits per heavy atom. The Bertz CT molecular complexity index is 733. The molecule has 0 N–H and O–H groups in total. The maximum Gasteiger partial charge on any atom is 0.0670 e. The molecule has 0 atom stereocenters. The normalized spacial score (nSPS) is 10.5. The fraction of sp³-hybridized carbons (Fsp3) is 0. The molecular formula is C18H12Cl2. The molecule has 0 fully saturated rings. The maximum absolute atomic E-state index is 6.36. The highest BCUT2D eigenvalue weighted by atomic mass is 35.5. The Balaban J connectivity index is 2.23. The van der Waals surface area contributed by atoms with E-state index in [4.69, 9.17) is 23.2 Å². The zero-order valence-electron chi connectivity index (χ0n) is 10.7. The molecule has 0 aromatic heterocycles. The largest absolute Gasteiger partial charge is 0.0827 e. The van der Waals surface area contributed by atoms with Crippen LogP contribution in [0, 0.1) is 0 Å². The molecule has 3 aromatic rings. The lowest BCUT2D eigenvalue weighted by Crippen LogP contribution is -1.86. The first-order valence-electron chi connectivity index (χ1n) is 6.36. The molecule has 0 nitrogen and oxygen atoms in total. The Hall–Kier alpha value is -1.76. The van der Waals surface area contributed by atoms with E-state index in [2.05, 4.69) is 24.3 Å². The Morgan fingerprint density at radius 3 is 1.85 bits per heavy atom. The molecule has 0 saturated heterocycles. The van der Waals surface area contributed by atoms with Crippen LogP contribution in [0.25, 0.3) is 22.3 Å². The number of halogens is 2. The van der Waals surface area contributed by atoms with Crippen LogP contribution in [-0.2, 0) is 0 Å². The van der Waals surface area contributed by atoms with Crippen LogP contribution in [0.1, 0.15) is 0 Å². The highest BCUT2D eigenvalue weighted by molar-refractivity contribution is 6.43. The topological polar surface area (TPSA) is 0 Å². The van der Waals surface area contributed by atoms with Gasteiger partial charge in [-0.25, -0.2) is 0 Å². The SMILES string of the molecule is Clc1cccc(-c2ccccc2-c2ccccc2)c1Cl. The van der Waals surface area contributed by atoms with Crippen molar-refractivity contribution in [1.82, 2.24) is 0 Å². The average molecular weight is 299 g/mol. The average Bonchev–Trinajstić information content (AvgIpc) is 2.51. The molecule has 0 unspecified atom stereocenters. The van der Waals surface area contributed by atoms with Gasteiger partial charge in [0.1, 0.15) is 0 Å². The summed E-state index contributed by atoms with van der Waals surface area (Å²) in [7, 11) is 0. The molecule has 0 amide bonds. The van der Waals surface area contributed by atoms with E-state index in [9.17, 15) is 0 Å². The summed E-state index contributed by atoms with van der Waals surface area (Å²) >= 11 is 12.5.